The number of hydrogen-bond acceptors (Lipinski definition) is 4. The third-order valence-corrected chi connectivity index (χ3v) is 7.92. The van der Waals surface area contributed by atoms with Crippen LogP contribution in [0, 0.1) is 26.2 Å². The summed E-state index contributed by atoms with van der Waals surface area (Å²) in [5.41, 5.74) is 10.2. The quantitative estimate of drug-likeness (QED) is 0.129. The number of para-hydroxylation sites is 2. The Balaban J connectivity index is -0.000000739. The van der Waals surface area contributed by atoms with E-state index in [0.29, 0.717) is 0 Å². The maximum atomic E-state index is 9.30. The summed E-state index contributed by atoms with van der Waals surface area (Å²) in [6, 6.07) is 29.1. The van der Waals surface area contributed by atoms with Crippen molar-refractivity contribution in [2.75, 3.05) is 0 Å². The van der Waals surface area contributed by atoms with Gasteiger partial charge in [0.2, 0.25) is 0 Å². The van der Waals surface area contributed by atoms with Gasteiger partial charge in [0.15, 0.2) is 0 Å². The monoisotopic (exact) mass is 768 g/mol. The van der Waals surface area contributed by atoms with Crippen LogP contribution in [0.15, 0.2) is 115 Å². The zero-order chi connectivity index (χ0) is 39.1. The standard InChI is InChI=1S/C20H25N.C14H20O2.C14H20O.4CH4/c1-15-10-9-11-16(2)19(15)21-18(20(3,4)5)14-17-12-7-6-8-13-17;1-5-6-11-7-8-13(12(9-11)10-15)16-14(2,3)4;1-6-8-12-10-7-9-11(2)13(12)15-14(3,4)5;;;;/h6-13H,14H2,1-5H3;5,7-9,15H,1,6,10H2,2-4H3;6-7,9-10H,1,8H2,2-5H3;4*1H4. The second-order valence-electron chi connectivity index (χ2n) is 16.3. The Hall–Kier alpha value is -4.41. The van der Waals surface area contributed by atoms with Gasteiger partial charge in [0.05, 0.1) is 12.3 Å². The van der Waals surface area contributed by atoms with Gasteiger partial charge in [-0.15, -0.1) is 13.2 Å². The number of rotatable bonds is 10. The first-order valence-electron chi connectivity index (χ1n) is 18.4. The van der Waals surface area contributed by atoms with E-state index >= 15 is 0 Å². The highest BCUT2D eigenvalue weighted by molar-refractivity contribution is 5.93. The normalized spacial score (nSPS) is 10.9. The van der Waals surface area contributed by atoms with Crippen LogP contribution in [-0.2, 0) is 25.9 Å². The number of benzene rings is 4. The van der Waals surface area contributed by atoms with Crippen molar-refractivity contribution in [3.8, 4) is 11.5 Å². The molecule has 0 unspecified atom stereocenters. The molecule has 1 N–H and O–H groups in total. The molecule has 4 rings (SSSR count). The summed E-state index contributed by atoms with van der Waals surface area (Å²) in [5.74, 6) is 1.76. The van der Waals surface area contributed by atoms with Crippen molar-refractivity contribution in [2.45, 2.75) is 150 Å². The van der Waals surface area contributed by atoms with E-state index in [1.54, 1.807) is 0 Å². The SMILES string of the molecule is C.C.C.C.C=CCc1ccc(OC(C)(C)C)c(CO)c1.C=CCc1cccc(C)c1OC(C)(C)C.Cc1cccc(C)c1N=C(Cc1ccccc1)C(C)(C)C. The fourth-order valence-electron chi connectivity index (χ4n) is 5.34. The van der Waals surface area contributed by atoms with Crippen molar-refractivity contribution in [3.05, 3.63) is 149 Å². The Morgan fingerprint density at radius 3 is 1.61 bits per heavy atom. The van der Waals surface area contributed by atoms with Gasteiger partial charge in [-0.1, -0.05) is 135 Å². The van der Waals surface area contributed by atoms with E-state index in [1.807, 2.05) is 51.1 Å². The summed E-state index contributed by atoms with van der Waals surface area (Å²) in [5, 5.41) is 9.30. The molecule has 0 spiro atoms. The van der Waals surface area contributed by atoms with E-state index in [4.69, 9.17) is 14.5 Å². The van der Waals surface area contributed by atoms with Crippen molar-refractivity contribution in [2.24, 2.45) is 10.4 Å². The van der Waals surface area contributed by atoms with Gasteiger partial charge in [0, 0.05) is 23.1 Å². The fourth-order valence-corrected chi connectivity index (χ4v) is 5.34. The van der Waals surface area contributed by atoms with E-state index in [9.17, 15) is 5.11 Å². The van der Waals surface area contributed by atoms with Gasteiger partial charge >= 0.3 is 0 Å². The van der Waals surface area contributed by atoms with Gasteiger partial charge in [-0.3, -0.25) is 4.99 Å². The molecule has 0 aromatic heterocycles. The predicted octanol–water partition coefficient (Wildman–Crippen LogP) is 15.2. The minimum Gasteiger partial charge on any atom is -0.488 e. The summed E-state index contributed by atoms with van der Waals surface area (Å²) >= 11 is 0. The highest BCUT2D eigenvalue weighted by atomic mass is 16.5. The molecule has 4 aromatic rings. The molecular formula is C52H81NO3. The lowest BCUT2D eigenvalue weighted by Crippen LogP contribution is -2.24. The number of nitrogens with zero attached hydrogens (tertiary/aromatic N) is 1. The van der Waals surface area contributed by atoms with E-state index in [1.165, 1.54) is 33.5 Å². The van der Waals surface area contributed by atoms with Crippen LogP contribution >= 0.6 is 0 Å². The molecular weight excluding hydrogens is 687 g/mol. The molecule has 0 aliphatic rings. The van der Waals surface area contributed by atoms with E-state index in [-0.39, 0.29) is 52.9 Å². The van der Waals surface area contributed by atoms with Crippen LogP contribution in [-0.4, -0.2) is 22.0 Å². The topological polar surface area (TPSA) is 51.0 Å². The molecule has 0 bridgehead atoms. The second kappa shape index (κ2) is 25.7. The molecule has 56 heavy (non-hydrogen) atoms. The van der Waals surface area contributed by atoms with Crippen LogP contribution in [0.4, 0.5) is 5.69 Å². The molecule has 0 aliphatic heterocycles. The van der Waals surface area contributed by atoms with Gasteiger partial charge in [-0.05, 0) is 121 Å². The molecule has 0 fully saturated rings. The molecule has 0 atom stereocenters. The van der Waals surface area contributed by atoms with E-state index < -0.39 is 0 Å². The minimum absolute atomic E-state index is 0. The lowest BCUT2D eigenvalue weighted by atomic mass is 9.86. The first kappa shape index (κ1) is 55.9. The molecule has 4 heteroatoms. The zero-order valence-corrected chi connectivity index (χ0v) is 34.2. The number of hydrogen-bond donors (Lipinski definition) is 1. The number of aliphatic hydroxyl groups excluding tert-OH is 1. The van der Waals surface area contributed by atoms with Gasteiger partial charge in [0.25, 0.3) is 0 Å². The van der Waals surface area contributed by atoms with Gasteiger partial charge < -0.3 is 14.6 Å². The van der Waals surface area contributed by atoms with Gasteiger partial charge in [-0.25, -0.2) is 0 Å². The van der Waals surface area contributed by atoms with Crippen LogP contribution in [0.3, 0.4) is 0 Å². The molecule has 0 aliphatic carbocycles. The van der Waals surface area contributed by atoms with E-state index in [2.05, 4.69) is 142 Å². The number of aliphatic imine (C=N–C) groups is 1. The summed E-state index contributed by atoms with van der Waals surface area (Å²) in [7, 11) is 0. The Morgan fingerprint density at radius 2 is 1.12 bits per heavy atom. The smallest absolute Gasteiger partial charge is 0.126 e. The summed E-state index contributed by atoms with van der Waals surface area (Å²) in [6.07, 6.45) is 6.32. The number of aliphatic hydroxyl groups is 1. The second-order valence-corrected chi connectivity index (χ2v) is 16.3. The molecule has 0 saturated heterocycles. The molecule has 4 nitrogen and oxygen atoms in total. The molecule has 312 valence electrons. The van der Waals surface area contributed by atoms with Crippen molar-refractivity contribution in [3.63, 3.8) is 0 Å². The summed E-state index contributed by atoms with van der Waals surface area (Å²) in [4.78, 5) is 5.04. The Labute approximate surface area is 345 Å². The van der Waals surface area contributed by atoms with Crippen LogP contribution in [0.5, 0.6) is 11.5 Å². The maximum Gasteiger partial charge on any atom is 0.126 e. The van der Waals surface area contributed by atoms with Crippen LogP contribution in [0.1, 0.15) is 131 Å². The lowest BCUT2D eigenvalue weighted by molar-refractivity contribution is 0.126. The van der Waals surface area contributed by atoms with Gasteiger partial charge in [0.1, 0.15) is 22.7 Å². The predicted molar refractivity (Wildman–Crippen MR) is 252 cm³/mol. The summed E-state index contributed by atoms with van der Waals surface area (Å²) < 4.78 is 11.7. The molecule has 4 aromatic carbocycles. The Kier molecular flexibility index (Phi) is 25.7. The van der Waals surface area contributed by atoms with Crippen molar-refractivity contribution in [1.82, 2.24) is 0 Å². The molecule has 0 heterocycles. The van der Waals surface area contributed by atoms with Crippen molar-refractivity contribution < 1.29 is 14.6 Å². The first-order valence-corrected chi connectivity index (χ1v) is 18.4. The van der Waals surface area contributed by atoms with Crippen LogP contribution in [0.25, 0.3) is 0 Å². The van der Waals surface area contributed by atoms with Crippen molar-refractivity contribution >= 4 is 11.4 Å². The van der Waals surface area contributed by atoms with Crippen molar-refractivity contribution in [1.29, 1.82) is 0 Å². The minimum atomic E-state index is -0.246. The Bertz CT molecular complexity index is 1730. The lowest BCUT2D eigenvalue weighted by Gasteiger charge is -2.24. The van der Waals surface area contributed by atoms with Gasteiger partial charge in [-0.2, -0.15) is 0 Å². The highest BCUT2D eigenvalue weighted by Gasteiger charge is 2.20. The largest absolute Gasteiger partial charge is 0.488 e. The number of allylic oxidation sites excluding steroid dienone is 2. The fraction of sp³-hybridized carbons (Fsp3) is 0.442. The van der Waals surface area contributed by atoms with Crippen LogP contribution < -0.4 is 9.47 Å². The van der Waals surface area contributed by atoms with E-state index in [0.717, 1.165) is 47.6 Å². The third kappa shape index (κ3) is 20.0. The average molecular weight is 768 g/mol. The highest BCUT2D eigenvalue weighted by Crippen LogP contribution is 2.30. The maximum absolute atomic E-state index is 9.30. The number of ether oxygens (including phenoxy) is 2. The zero-order valence-electron chi connectivity index (χ0n) is 34.2. The Morgan fingerprint density at radius 1 is 0.607 bits per heavy atom. The van der Waals surface area contributed by atoms with Crippen LogP contribution in [0.2, 0.25) is 0 Å². The first-order chi connectivity index (χ1) is 24.3. The molecule has 0 radical (unpaired) electrons. The average Bonchev–Trinajstić information content (AvgIpc) is 3.04. The molecule has 0 amide bonds. The molecule has 0 saturated carbocycles. The third-order valence-electron chi connectivity index (χ3n) is 7.92. The number of aryl methyl sites for hydroxylation is 3. The summed E-state index contributed by atoms with van der Waals surface area (Å²) in [6.45, 7) is 32.7.